The lowest BCUT2D eigenvalue weighted by molar-refractivity contribution is 0.598. The summed E-state index contributed by atoms with van der Waals surface area (Å²) in [7, 11) is -3.63. The Balaban J connectivity index is 2.28. The molecule has 1 aromatic heterocycles. The fourth-order valence-electron chi connectivity index (χ4n) is 1.23. The van der Waals surface area contributed by atoms with E-state index in [1.54, 1.807) is 42.6 Å². The largest absolute Gasteiger partial charge is 0.282 e. The summed E-state index contributed by atoms with van der Waals surface area (Å²) in [6, 6.07) is 13.3. The van der Waals surface area contributed by atoms with Gasteiger partial charge in [-0.1, -0.05) is 24.3 Å². The van der Waals surface area contributed by atoms with Gasteiger partial charge in [0.25, 0.3) is 10.0 Å². The Morgan fingerprint density at radius 2 is 1.71 bits per heavy atom. The zero-order valence-electron chi connectivity index (χ0n) is 8.89. The topological polar surface area (TPSA) is 59.4 Å². The quantitative estimate of drug-likeness (QED) is 0.777. The van der Waals surface area contributed by atoms with Crippen molar-refractivity contribution in [2.45, 2.75) is 4.90 Å². The highest BCUT2D eigenvalue weighted by molar-refractivity contribution is 7.90. The molecule has 2 aromatic rings. The minimum Gasteiger partial charge on any atom is -0.255 e. The van der Waals surface area contributed by atoms with Crippen LogP contribution in [0.15, 0.2) is 64.0 Å². The first-order valence-corrected chi connectivity index (χ1v) is 6.39. The number of sulfonamides is 1. The molecule has 17 heavy (non-hydrogen) atoms. The van der Waals surface area contributed by atoms with Gasteiger partial charge in [0.15, 0.2) is 0 Å². The summed E-state index contributed by atoms with van der Waals surface area (Å²) in [4.78, 5) is 4.14. The summed E-state index contributed by atoms with van der Waals surface area (Å²) in [6.45, 7) is 0. The van der Waals surface area contributed by atoms with Gasteiger partial charge in [0.05, 0.1) is 16.8 Å². The van der Waals surface area contributed by atoms with E-state index in [1.165, 1.54) is 18.3 Å². The lowest BCUT2D eigenvalue weighted by atomic mass is 10.4. The van der Waals surface area contributed by atoms with Crippen molar-refractivity contribution in [3.63, 3.8) is 0 Å². The van der Waals surface area contributed by atoms with Crippen molar-refractivity contribution in [2.75, 3.05) is 0 Å². The molecule has 0 radical (unpaired) electrons. The van der Waals surface area contributed by atoms with Crippen molar-refractivity contribution in [1.29, 1.82) is 0 Å². The van der Waals surface area contributed by atoms with E-state index in [-0.39, 0.29) is 4.90 Å². The summed E-state index contributed by atoms with van der Waals surface area (Å²) in [5.74, 6) is 0. The number of rotatable bonds is 3. The van der Waals surface area contributed by atoms with Crippen LogP contribution in [0.4, 0.5) is 0 Å². The van der Waals surface area contributed by atoms with Gasteiger partial charge in [0, 0.05) is 6.20 Å². The first kappa shape index (κ1) is 11.5. The predicted octanol–water partition coefficient (Wildman–Crippen LogP) is 1.89. The van der Waals surface area contributed by atoms with Crippen LogP contribution in [0.25, 0.3) is 0 Å². The van der Waals surface area contributed by atoms with Crippen LogP contribution in [0, 0.1) is 0 Å². The second kappa shape index (κ2) is 4.88. The maximum absolute atomic E-state index is 11.8. The van der Waals surface area contributed by atoms with E-state index in [2.05, 4.69) is 9.38 Å². The number of aromatic nitrogens is 1. The van der Waals surface area contributed by atoms with Crippen LogP contribution in [-0.4, -0.2) is 19.6 Å². The third kappa shape index (κ3) is 2.98. The monoisotopic (exact) mass is 246 g/mol. The van der Waals surface area contributed by atoms with Gasteiger partial charge in [0.1, 0.15) is 0 Å². The molecule has 0 amide bonds. The molecule has 0 aliphatic rings. The number of benzene rings is 1. The average molecular weight is 246 g/mol. The van der Waals surface area contributed by atoms with E-state index < -0.39 is 10.0 Å². The summed E-state index contributed by atoms with van der Waals surface area (Å²) in [6.07, 6.45) is 2.82. The Bertz CT molecular complexity index is 607. The molecule has 0 fully saturated rings. The molecule has 0 saturated carbocycles. The molecule has 4 nitrogen and oxygen atoms in total. The molecule has 0 spiro atoms. The molecule has 0 unspecified atom stereocenters. The zero-order valence-corrected chi connectivity index (χ0v) is 9.71. The van der Waals surface area contributed by atoms with Crippen LogP contribution in [0.1, 0.15) is 5.69 Å². The highest BCUT2D eigenvalue weighted by atomic mass is 32.2. The van der Waals surface area contributed by atoms with Gasteiger partial charge in [-0.2, -0.15) is 12.8 Å². The number of hydrogen-bond acceptors (Lipinski definition) is 3. The zero-order chi connectivity index (χ0) is 12.1. The van der Waals surface area contributed by atoms with Gasteiger partial charge < -0.3 is 0 Å². The summed E-state index contributed by atoms with van der Waals surface area (Å²) < 4.78 is 27.1. The molecule has 0 aliphatic heterocycles. The van der Waals surface area contributed by atoms with Crippen molar-refractivity contribution in [1.82, 2.24) is 4.98 Å². The fourth-order valence-corrected chi connectivity index (χ4v) is 2.10. The Kier molecular flexibility index (Phi) is 3.30. The summed E-state index contributed by atoms with van der Waals surface area (Å²) in [5.41, 5.74) is 0.506. The molecular weight excluding hydrogens is 236 g/mol. The Morgan fingerprint density at radius 1 is 1.00 bits per heavy atom. The highest BCUT2D eigenvalue weighted by Crippen LogP contribution is 2.10. The standard InChI is InChI=1S/C12H10N2O2S/c15-17(16,12-7-2-1-3-8-12)14-10-11-6-4-5-9-13-11/h1-10H. The predicted molar refractivity (Wildman–Crippen MR) is 65.5 cm³/mol. The summed E-state index contributed by atoms with van der Waals surface area (Å²) >= 11 is 0. The van der Waals surface area contributed by atoms with Crippen molar-refractivity contribution < 1.29 is 8.42 Å². The van der Waals surface area contributed by atoms with Crippen molar-refractivity contribution in [3.8, 4) is 0 Å². The van der Waals surface area contributed by atoms with Gasteiger partial charge >= 0.3 is 0 Å². The second-order valence-corrected chi connectivity index (χ2v) is 4.91. The maximum atomic E-state index is 11.8. The first-order chi connectivity index (χ1) is 8.18. The van der Waals surface area contributed by atoms with Gasteiger partial charge in [-0.25, -0.2) is 0 Å². The molecule has 5 heteroatoms. The molecule has 0 atom stereocenters. The molecule has 1 aromatic carbocycles. The third-order valence-corrected chi connectivity index (χ3v) is 3.30. The normalized spacial score (nSPS) is 11.8. The average Bonchev–Trinajstić information content (AvgIpc) is 2.39. The van der Waals surface area contributed by atoms with E-state index in [4.69, 9.17) is 0 Å². The first-order valence-electron chi connectivity index (χ1n) is 4.95. The fraction of sp³-hybridized carbons (Fsp3) is 0. The van der Waals surface area contributed by atoms with E-state index >= 15 is 0 Å². The summed E-state index contributed by atoms with van der Waals surface area (Å²) in [5, 5.41) is 0. The van der Waals surface area contributed by atoms with Crippen LogP contribution < -0.4 is 0 Å². The van der Waals surface area contributed by atoms with E-state index in [9.17, 15) is 8.42 Å². The van der Waals surface area contributed by atoms with Crippen LogP contribution >= 0.6 is 0 Å². The van der Waals surface area contributed by atoms with Crippen LogP contribution in [0.3, 0.4) is 0 Å². The maximum Gasteiger partial charge on any atom is 0.282 e. The lowest BCUT2D eigenvalue weighted by Gasteiger charge is -1.96. The van der Waals surface area contributed by atoms with Crippen LogP contribution in [0.2, 0.25) is 0 Å². The van der Waals surface area contributed by atoms with Crippen LogP contribution in [0.5, 0.6) is 0 Å². The number of nitrogens with zero attached hydrogens (tertiary/aromatic N) is 2. The molecular formula is C12H10N2O2S. The van der Waals surface area contributed by atoms with Gasteiger partial charge in [0.2, 0.25) is 0 Å². The Hall–Kier alpha value is -2.01. The van der Waals surface area contributed by atoms with E-state index in [1.807, 2.05) is 0 Å². The minimum absolute atomic E-state index is 0.173. The SMILES string of the molecule is O=S(=O)(N=Cc1ccccn1)c1ccccc1. The molecule has 0 saturated heterocycles. The van der Waals surface area contributed by atoms with Gasteiger partial charge in [-0.05, 0) is 24.3 Å². The number of hydrogen-bond donors (Lipinski definition) is 0. The van der Waals surface area contributed by atoms with Gasteiger partial charge in [-0.15, -0.1) is 0 Å². The van der Waals surface area contributed by atoms with E-state index in [0.29, 0.717) is 5.69 Å². The Morgan fingerprint density at radius 3 is 2.35 bits per heavy atom. The molecule has 0 bridgehead atoms. The molecule has 1 heterocycles. The third-order valence-electron chi connectivity index (χ3n) is 2.05. The van der Waals surface area contributed by atoms with Crippen molar-refractivity contribution in [3.05, 3.63) is 60.4 Å². The molecule has 86 valence electrons. The number of pyridine rings is 1. The minimum atomic E-state index is -3.63. The van der Waals surface area contributed by atoms with Gasteiger partial charge in [-0.3, -0.25) is 4.98 Å². The second-order valence-electron chi connectivity index (χ2n) is 3.28. The van der Waals surface area contributed by atoms with Crippen molar-refractivity contribution in [2.24, 2.45) is 4.40 Å². The lowest BCUT2D eigenvalue weighted by Crippen LogP contribution is -1.97. The van der Waals surface area contributed by atoms with Crippen LogP contribution in [-0.2, 0) is 10.0 Å². The van der Waals surface area contributed by atoms with Crippen molar-refractivity contribution >= 4 is 16.2 Å². The highest BCUT2D eigenvalue weighted by Gasteiger charge is 2.09. The molecule has 0 N–H and O–H groups in total. The smallest absolute Gasteiger partial charge is 0.255 e. The Labute approximate surface area is 99.7 Å². The molecule has 2 rings (SSSR count). The molecule has 0 aliphatic carbocycles. The van der Waals surface area contributed by atoms with E-state index in [0.717, 1.165) is 0 Å².